The highest BCUT2D eigenvalue weighted by Crippen LogP contribution is 2.42. The molecule has 5 heteroatoms. The smallest absolute Gasteiger partial charge is 0.317 e. The largest absolute Gasteiger partial charge is 1.00 e. The minimum Gasteiger partial charge on any atom is -1.00 e. The number of esters is 1. The third kappa shape index (κ3) is 5.26. The molecule has 1 aliphatic carbocycles. The van der Waals surface area contributed by atoms with Crippen molar-refractivity contribution in [3.05, 3.63) is 57.8 Å². The lowest BCUT2D eigenvalue weighted by molar-refractivity contribution is -0.945. The van der Waals surface area contributed by atoms with Gasteiger partial charge in [-0.05, 0) is 37.5 Å². The fourth-order valence-corrected chi connectivity index (χ4v) is 7.47. The van der Waals surface area contributed by atoms with Gasteiger partial charge in [0, 0.05) is 34.9 Å². The molecule has 1 saturated carbocycles. The zero-order valence-electron chi connectivity index (χ0n) is 19.9. The van der Waals surface area contributed by atoms with Gasteiger partial charge in [0.2, 0.25) is 0 Å². The third-order valence-corrected chi connectivity index (χ3v) is 9.66. The van der Waals surface area contributed by atoms with Gasteiger partial charge >= 0.3 is 5.97 Å². The Kier molecular flexibility index (Phi) is 8.02. The van der Waals surface area contributed by atoms with Crippen molar-refractivity contribution in [3.8, 4) is 0 Å². The van der Waals surface area contributed by atoms with Gasteiger partial charge in [-0.15, -0.1) is 11.3 Å². The second-order valence-electron chi connectivity index (χ2n) is 10.6. The quantitative estimate of drug-likeness (QED) is 0.325. The Morgan fingerprint density at radius 3 is 2.36 bits per heavy atom. The maximum Gasteiger partial charge on any atom is 0.317 e. The molecule has 3 aliphatic heterocycles. The first-order valence-electron chi connectivity index (χ1n) is 12.8. The van der Waals surface area contributed by atoms with Crippen molar-refractivity contribution in [1.29, 1.82) is 0 Å². The summed E-state index contributed by atoms with van der Waals surface area (Å²) in [6.07, 6.45) is 10.2. The Balaban J connectivity index is 0.00000259. The van der Waals surface area contributed by atoms with Crippen molar-refractivity contribution in [2.75, 3.05) is 26.2 Å². The van der Waals surface area contributed by atoms with Gasteiger partial charge < -0.3 is 26.2 Å². The Morgan fingerprint density at radius 1 is 1.03 bits per heavy atom. The van der Waals surface area contributed by atoms with Crippen molar-refractivity contribution in [2.24, 2.45) is 5.92 Å². The molecular weight excluding hydrogens is 494 g/mol. The summed E-state index contributed by atoms with van der Waals surface area (Å²) in [7, 11) is 0. The van der Waals surface area contributed by atoms with E-state index in [9.17, 15) is 4.79 Å². The highest BCUT2D eigenvalue weighted by molar-refractivity contribution is 7.11. The van der Waals surface area contributed by atoms with E-state index in [0.29, 0.717) is 5.92 Å². The zero-order chi connectivity index (χ0) is 22.0. The van der Waals surface area contributed by atoms with E-state index in [0.717, 1.165) is 43.1 Å². The Bertz CT molecular complexity index is 911. The molecule has 1 aromatic heterocycles. The molecule has 4 aliphatic rings. The molecule has 6 rings (SSSR count). The van der Waals surface area contributed by atoms with E-state index in [1.165, 1.54) is 60.6 Å². The zero-order valence-corrected chi connectivity index (χ0v) is 22.3. The summed E-state index contributed by atoms with van der Waals surface area (Å²) < 4.78 is 7.65. The fraction of sp³-hybridized carbons (Fsp3) is 0.607. The fourth-order valence-electron chi connectivity index (χ4n) is 6.59. The van der Waals surface area contributed by atoms with Crippen LogP contribution >= 0.6 is 11.3 Å². The number of quaternary nitrogens is 1. The molecular formula is C28H38BrNO2S. The van der Waals surface area contributed by atoms with E-state index in [2.05, 4.69) is 49.4 Å². The number of hydrogen-bond acceptors (Lipinski definition) is 3. The standard InChI is InChI=1S/C28H38NO2S.BrH/c1-22-11-12-25(32-22)15-20-29-18-13-23(14-19-29)26(21-29)31-27(30)28(16-7-2-3-8-17-28)24-9-5-4-6-10-24;/h4-6,9-12,23,26H,2-3,7-8,13-21H2,1H3;1H/q+1;/p-1/t23?,26-,29?;/m0./s1. The van der Waals surface area contributed by atoms with E-state index in [4.69, 9.17) is 4.74 Å². The van der Waals surface area contributed by atoms with Gasteiger partial charge in [0.15, 0.2) is 6.10 Å². The van der Waals surface area contributed by atoms with E-state index in [1.54, 1.807) is 0 Å². The molecule has 4 heterocycles. The predicted octanol–water partition coefficient (Wildman–Crippen LogP) is 3.05. The number of carbonyl (C=O) groups excluding carboxylic acids is 1. The molecule has 0 N–H and O–H groups in total. The molecule has 0 radical (unpaired) electrons. The second kappa shape index (κ2) is 10.6. The minimum absolute atomic E-state index is 0. The molecule has 0 unspecified atom stereocenters. The minimum atomic E-state index is -0.441. The van der Waals surface area contributed by atoms with Crippen molar-refractivity contribution >= 4 is 17.3 Å². The first kappa shape index (κ1) is 24.9. The summed E-state index contributed by atoms with van der Waals surface area (Å²) in [6, 6.07) is 15.0. The summed E-state index contributed by atoms with van der Waals surface area (Å²) in [5.74, 6) is 0.623. The third-order valence-electron chi connectivity index (χ3n) is 8.60. The number of ether oxygens (including phenoxy) is 1. The van der Waals surface area contributed by atoms with Gasteiger partial charge in [-0.2, -0.15) is 0 Å². The van der Waals surface area contributed by atoms with E-state index in [-0.39, 0.29) is 29.1 Å². The number of rotatable bonds is 6. The molecule has 180 valence electrons. The van der Waals surface area contributed by atoms with Crippen molar-refractivity contribution in [2.45, 2.75) is 76.2 Å². The molecule has 0 spiro atoms. The van der Waals surface area contributed by atoms with E-state index in [1.807, 2.05) is 11.3 Å². The van der Waals surface area contributed by atoms with Crippen LogP contribution in [0.25, 0.3) is 0 Å². The molecule has 1 aromatic carbocycles. The molecule has 3 nitrogen and oxygen atoms in total. The van der Waals surface area contributed by atoms with E-state index >= 15 is 0 Å². The van der Waals surface area contributed by atoms with Crippen molar-refractivity contribution in [3.63, 3.8) is 0 Å². The number of piperidine rings is 3. The number of hydrogen-bond donors (Lipinski definition) is 0. The SMILES string of the molecule is Cc1ccc(CC[N+]23CCC(CC2)[C@@H](OC(=O)C2(c4ccccc4)CCCCCC2)C3)s1.[Br-]. The maximum atomic E-state index is 13.9. The number of carbonyl (C=O) groups is 1. The first-order valence-corrected chi connectivity index (χ1v) is 13.6. The van der Waals surface area contributed by atoms with Crippen LogP contribution in [0.2, 0.25) is 0 Å². The second-order valence-corrected chi connectivity index (χ2v) is 12.0. The Labute approximate surface area is 213 Å². The Hall–Kier alpha value is -1.17. The Morgan fingerprint density at radius 2 is 1.73 bits per heavy atom. The van der Waals surface area contributed by atoms with E-state index < -0.39 is 5.41 Å². The van der Waals surface area contributed by atoms with Crippen LogP contribution in [0.15, 0.2) is 42.5 Å². The van der Waals surface area contributed by atoms with Gasteiger partial charge in [-0.1, -0.05) is 56.0 Å². The lowest BCUT2D eigenvalue weighted by Gasteiger charge is -2.52. The maximum absolute atomic E-state index is 13.9. The molecule has 1 atom stereocenters. The number of thiophene rings is 1. The number of fused-ring (bicyclic) bond motifs is 3. The monoisotopic (exact) mass is 531 g/mol. The summed E-state index contributed by atoms with van der Waals surface area (Å²) in [6.45, 7) is 6.91. The van der Waals surface area contributed by atoms with Gasteiger partial charge in [0.05, 0.1) is 25.0 Å². The topological polar surface area (TPSA) is 26.3 Å². The lowest BCUT2D eigenvalue weighted by atomic mass is 9.74. The van der Waals surface area contributed by atoms with Crippen LogP contribution in [0.1, 0.15) is 66.7 Å². The molecule has 0 amide bonds. The molecule has 33 heavy (non-hydrogen) atoms. The van der Waals surface area contributed by atoms with Gasteiger partial charge in [-0.25, -0.2) is 0 Å². The molecule has 3 saturated heterocycles. The predicted molar refractivity (Wildman–Crippen MR) is 131 cm³/mol. The van der Waals surface area contributed by atoms with Crippen LogP contribution in [0.3, 0.4) is 0 Å². The number of nitrogens with zero attached hydrogens (tertiary/aromatic N) is 1. The number of benzene rings is 1. The lowest BCUT2D eigenvalue weighted by Crippen LogP contribution is -3.00. The molecule has 4 fully saturated rings. The summed E-state index contributed by atoms with van der Waals surface area (Å²) in [5, 5.41) is 0. The van der Waals surface area contributed by atoms with Crippen molar-refractivity contribution in [1.82, 2.24) is 0 Å². The molecule has 2 bridgehead atoms. The highest BCUT2D eigenvalue weighted by Gasteiger charge is 2.50. The average Bonchev–Trinajstić information content (AvgIpc) is 3.09. The van der Waals surface area contributed by atoms with Crippen LogP contribution in [0, 0.1) is 12.8 Å². The van der Waals surface area contributed by atoms with Crippen LogP contribution in [-0.4, -0.2) is 42.7 Å². The number of aryl methyl sites for hydroxylation is 1. The average molecular weight is 533 g/mol. The van der Waals surface area contributed by atoms with Crippen LogP contribution < -0.4 is 17.0 Å². The van der Waals surface area contributed by atoms with Gasteiger partial charge in [0.1, 0.15) is 6.54 Å². The summed E-state index contributed by atoms with van der Waals surface area (Å²) in [5.41, 5.74) is 0.730. The first-order chi connectivity index (χ1) is 15.6. The normalized spacial score (nSPS) is 28.5. The van der Waals surface area contributed by atoms with Gasteiger partial charge in [0.25, 0.3) is 0 Å². The summed E-state index contributed by atoms with van der Waals surface area (Å²) >= 11 is 1.93. The van der Waals surface area contributed by atoms with Gasteiger partial charge in [-0.3, -0.25) is 4.79 Å². The van der Waals surface area contributed by atoms with Crippen LogP contribution in [-0.2, 0) is 21.4 Å². The molecule has 2 aromatic rings. The number of halogens is 1. The summed E-state index contributed by atoms with van der Waals surface area (Å²) in [4.78, 5) is 16.8. The van der Waals surface area contributed by atoms with Crippen LogP contribution in [0.4, 0.5) is 0 Å². The van der Waals surface area contributed by atoms with Crippen molar-refractivity contribution < 1.29 is 31.0 Å². The van der Waals surface area contributed by atoms with Crippen LogP contribution in [0.5, 0.6) is 0 Å². The highest BCUT2D eigenvalue weighted by atomic mass is 79.9.